The number of rotatable bonds is 3. The summed E-state index contributed by atoms with van der Waals surface area (Å²) in [5.74, 6) is 2.69. The molecule has 1 aromatic rings. The molecule has 1 aromatic carbocycles. The maximum atomic E-state index is 10.0. The molecule has 18 heavy (non-hydrogen) atoms. The SMILES string of the molecule is C#CC([CH2])(C)/C(=C\C(C)(C)O)c1cccc(C)c1.[HH].[HH]. The standard InChI is InChI=1S/C17H21O.2H2/c1-7-16(3,4)15(12-17(5,6)18)14-10-8-9-13(2)11-14;;/h1,8-12,18H,3H2,2,4-6H3;2*1H/b15-12-;;. The molecule has 0 bridgehead atoms. The number of hydrogen-bond acceptors (Lipinski definition) is 1. The summed E-state index contributed by atoms with van der Waals surface area (Å²) >= 11 is 0. The van der Waals surface area contributed by atoms with E-state index in [1.807, 2.05) is 32.0 Å². The molecule has 0 aliphatic rings. The number of benzene rings is 1. The molecule has 0 spiro atoms. The van der Waals surface area contributed by atoms with Gasteiger partial charge in [-0.05, 0) is 51.8 Å². The van der Waals surface area contributed by atoms with Crippen molar-refractivity contribution in [3.63, 3.8) is 0 Å². The molecule has 1 rings (SSSR count). The molecular weight excluding hydrogens is 220 g/mol. The van der Waals surface area contributed by atoms with Crippen LogP contribution in [0.2, 0.25) is 0 Å². The van der Waals surface area contributed by atoms with Crippen LogP contribution < -0.4 is 0 Å². The van der Waals surface area contributed by atoms with E-state index < -0.39 is 11.0 Å². The lowest BCUT2D eigenvalue weighted by Crippen LogP contribution is -2.20. The van der Waals surface area contributed by atoms with Gasteiger partial charge in [-0.3, -0.25) is 0 Å². The fraction of sp³-hybridized carbons (Fsp3) is 0.353. The van der Waals surface area contributed by atoms with Crippen LogP contribution in [0, 0.1) is 31.6 Å². The quantitative estimate of drug-likeness (QED) is 0.794. The van der Waals surface area contributed by atoms with Gasteiger partial charge in [-0.1, -0.05) is 35.7 Å². The average molecular weight is 245 g/mol. The fourth-order valence-corrected chi connectivity index (χ4v) is 1.80. The molecule has 0 fully saturated rings. The van der Waals surface area contributed by atoms with E-state index in [1.54, 1.807) is 19.9 Å². The molecule has 99 valence electrons. The molecule has 0 aliphatic carbocycles. The van der Waals surface area contributed by atoms with Crippen LogP contribution in [0.5, 0.6) is 0 Å². The highest BCUT2D eigenvalue weighted by Crippen LogP contribution is 2.35. The molecule has 0 aliphatic heterocycles. The molecule has 1 atom stereocenters. The van der Waals surface area contributed by atoms with E-state index in [4.69, 9.17) is 6.42 Å². The Morgan fingerprint density at radius 3 is 2.50 bits per heavy atom. The van der Waals surface area contributed by atoms with Crippen molar-refractivity contribution in [2.45, 2.75) is 33.3 Å². The predicted molar refractivity (Wildman–Crippen MR) is 82.0 cm³/mol. The van der Waals surface area contributed by atoms with Crippen molar-refractivity contribution in [2.75, 3.05) is 0 Å². The zero-order valence-electron chi connectivity index (χ0n) is 11.6. The summed E-state index contributed by atoms with van der Waals surface area (Å²) in [6, 6.07) is 8.06. The van der Waals surface area contributed by atoms with Gasteiger partial charge in [0.15, 0.2) is 0 Å². The first-order valence-electron chi connectivity index (χ1n) is 6.01. The van der Waals surface area contributed by atoms with Crippen molar-refractivity contribution in [2.24, 2.45) is 5.41 Å². The summed E-state index contributed by atoms with van der Waals surface area (Å²) in [5, 5.41) is 10.0. The molecule has 0 amide bonds. The maximum absolute atomic E-state index is 10.0. The van der Waals surface area contributed by atoms with Crippen molar-refractivity contribution in [1.82, 2.24) is 0 Å². The molecule has 0 heterocycles. The normalized spacial score (nSPS) is 13.3. The molecule has 1 N–H and O–H groups in total. The number of hydrogen-bond donors (Lipinski definition) is 1. The fourth-order valence-electron chi connectivity index (χ4n) is 1.80. The summed E-state index contributed by atoms with van der Waals surface area (Å²) in [5.41, 5.74) is 1.46. The van der Waals surface area contributed by atoms with Crippen LogP contribution in [-0.2, 0) is 0 Å². The summed E-state index contributed by atoms with van der Waals surface area (Å²) in [6.07, 6.45) is 7.35. The van der Waals surface area contributed by atoms with Gasteiger partial charge >= 0.3 is 0 Å². The van der Waals surface area contributed by atoms with Crippen LogP contribution >= 0.6 is 0 Å². The summed E-state index contributed by atoms with van der Waals surface area (Å²) < 4.78 is 0. The van der Waals surface area contributed by atoms with Gasteiger partial charge in [-0.2, -0.15) is 0 Å². The van der Waals surface area contributed by atoms with Crippen molar-refractivity contribution in [3.05, 3.63) is 48.4 Å². The van der Waals surface area contributed by atoms with Crippen LogP contribution in [0.4, 0.5) is 0 Å². The topological polar surface area (TPSA) is 20.2 Å². The Hall–Kier alpha value is -1.52. The van der Waals surface area contributed by atoms with Crippen molar-refractivity contribution < 1.29 is 7.96 Å². The zero-order chi connectivity index (χ0) is 14.0. The molecule has 1 nitrogen and oxygen atoms in total. The Morgan fingerprint density at radius 1 is 1.44 bits per heavy atom. The lowest BCUT2D eigenvalue weighted by Gasteiger charge is -2.26. The van der Waals surface area contributed by atoms with E-state index in [9.17, 15) is 5.11 Å². The monoisotopic (exact) mass is 245 g/mol. The molecule has 1 radical (unpaired) electrons. The Balaban J connectivity index is 0. The lowest BCUT2D eigenvalue weighted by atomic mass is 9.79. The highest BCUT2D eigenvalue weighted by atomic mass is 16.3. The average Bonchev–Trinajstić information content (AvgIpc) is 2.24. The van der Waals surface area contributed by atoms with Gasteiger partial charge in [0.1, 0.15) is 0 Å². The van der Waals surface area contributed by atoms with Crippen LogP contribution in [0.25, 0.3) is 5.57 Å². The highest BCUT2D eigenvalue weighted by Gasteiger charge is 2.25. The third-order valence-corrected chi connectivity index (χ3v) is 2.74. The minimum Gasteiger partial charge on any atom is -0.386 e. The summed E-state index contributed by atoms with van der Waals surface area (Å²) in [6.45, 7) is 11.4. The number of aliphatic hydroxyl groups is 1. The van der Waals surface area contributed by atoms with Gasteiger partial charge in [0.05, 0.1) is 11.0 Å². The van der Waals surface area contributed by atoms with E-state index in [1.165, 1.54) is 0 Å². The van der Waals surface area contributed by atoms with Gasteiger partial charge < -0.3 is 5.11 Å². The van der Waals surface area contributed by atoms with Gasteiger partial charge in [-0.25, -0.2) is 0 Å². The van der Waals surface area contributed by atoms with E-state index in [0.29, 0.717) is 0 Å². The Morgan fingerprint density at radius 2 is 2.06 bits per heavy atom. The van der Waals surface area contributed by atoms with E-state index in [0.717, 1.165) is 16.7 Å². The van der Waals surface area contributed by atoms with E-state index in [2.05, 4.69) is 18.9 Å². The zero-order valence-corrected chi connectivity index (χ0v) is 11.6. The summed E-state index contributed by atoms with van der Waals surface area (Å²) in [4.78, 5) is 0. The third-order valence-electron chi connectivity index (χ3n) is 2.74. The van der Waals surface area contributed by atoms with Crippen LogP contribution in [0.15, 0.2) is 30.3 Å². The first-order chi connectivity index (χ1) is 8.15. The number of allylic oxidation sites excluding steroid dienone is 1. The molecular formula is C17H25O. The van der Waals surface area contributed by atoms with Crippen molar-refractivity contribution in [1.29, 1.82) is 0 Å². The first kappa shape index (κ1) is 14.5. The number of aryl methyl sites for hydroxylation is 1. The van der Waals surface area contributed by atoms with Gasteiger partial charge in [0.2, 0.25) is 0 Å². The van der Waals surface area contributed by atoms with Gasteiger partial charge in [-0.15, -0.1) is 6.42 Å². The first-order valence-corrected chi connectivity index (χ1v) is 6.01. The largest absolute Gasteiger partial charge is 0.386 e. The molecule has 1 unspecified atom stereocenters. The second kappa shape index (κ2) is 5.00. The highest BCUT2D eigenvalue weighted by molar-refractivity contribution is 5.74. The molecule has 0 saturated heterocycles. The second-order valence-electron chi connectivity index (χ2n) is 5.56. The van der Waals surface area contributed by atoms with Crippen LogP contribution in [0.1, 0.15) is 34.8 Å². The van der Waals surface area contributed by atoms with E-state index in [-0.39, 0.29) is 2.85 Å². The molecule has 0 saturated carbocycles. The minimum atomic E-state index is -0.922. The smallest absolute Gasteiger partial charge is 0.0778 e. The maximum Gasteiger partial charge on any atom is 0.0778 e. The third kappa shape index (κ3) is 3.75. The summed E-state index contributed by atoms with van der Waals surface area (Å²) in [7, 11) is 0. The van der Waals surface area contributed by atoms with Crippen molar-refractivity contribution in [3.8, 4) is 12.3 Å². The van der Waals surface area contributed by atoms with Crippen LogP contribution in [0.3, 0.4) is 0 Å². The predicted octanol–water partition coefficient (Wildman–Crippen LogP) is 4.11. The van der Waals surface area contributed by atoms with Gasteiger partial charge in [0, 0.05) is 2.85 Å². The second-order valence-corrected chi connectivity index (χ2v) is 5.56. The molecule has 1 heteroatoms. The van der Waals surface area contributed by atoms with Gasteiger partial charge in [0.25, 0.3) is 0 Å². The Labute approximate surface area is 114 Å². The van der Waals surface area contributed by atoms with Crippen LogP contribution in [-0.4, -0.2) is 10.7 Å². The lowest BCUT2D eigenvalue weighted by molar-refractivity contribution is 0.133. The number of terminal acetylenes is 1. The Bertz CT molecular complexity index is 502. The van der Waals surface area contributed by atoms with Crippen molar-refractivity contribution >= 4 is 5.57 Å². The molecule has 0 aromatic heterocycles. The Kier molecular flexibility index (Phi) is 4.04. The van der Waals surface area contributed by atoms with E-state index >= 15 is 0 Å². The minimum absolute atomic E-state index is 0.